The van der Waals surface area contributed by atoms with Crippen molar-refractivity contribution in [2.24, 2.45) is 5.73 Å². The topological polar surface area (TPSA) is 46.3 Å². The fraction of sp³-hybridized carbons (Fsp3) is 0.438. The van der Waals surface area contributed by atoms with Crippen molar-refractivity contribution in [2.75, 3.05) is 24.6 Å². The SMILES string of the molecule is Cc1ccc(C(=O)N2CCSCC2C)cc1C#CCN. The molecule has 1 aliphatic heterocycles. The molecule has 0 radical (unpaired) electrons. The second-order valence-corrected chi connectivity index (χ2v) is 6.11. The van der Waals surface area contributed by atoms with Gasteiger partial charge in [-0.1, -0.05) is 17.9 Å². The Labute approximate surface area is 124 Å². The lowest BCUT2D eigenvalue weighted by atomic mass is 10.0. The van der Waals surface area contributed by atoms with Crippen LogP contribution >= 0.6 is 11.8 Å². The number of carbonyl (C=O) groups excluding carboxylic acids is 1. The van der Waals surface area contributed by atoms with Crippen LogP contribution in [0.3, 0.4) is 0 Å². The van der Waals surface area contributed by atoms with Gasteiger partial charge in [0.1, 0.15) is 0 Å². The van der Waals surface area contributed by atoms with Gasteiger partial charge >= 0.3 is 0 Å². The van der Waals surface area contributed by atoms with E-state index in [-0.39, 0.29) is 5.91 Å². The molecule has 0 aromatic heterocycles. The van der Waals surface area contributed by atoms with Gasteiger partial charge in [0.25, 0.3) is 5.91 Å². The van der Waals surface area contributed by atoms with Crippen molar-refractivity contribution >= 4 is 17.7 Å². The molecule has 3 nitrogen and oxygen atoms in total. The molecule has 1 aromatic carbocycles. The standard InChI is InChI=1S/C16H20N2OS/c1-12-5-6-15(10-14(12)4-3-7-17)16(19)18-8-9-20-11-13(18)2/h5-6,10,13H,7-9,11,17H2,1-2H3. The molecule has 2 N–H and O–H groups in total. The molecule has 0 aliphatic carbocycles. The maximum atomic E-state index is 12.6. The smallest absolute Gasteiger partial charge is 0.254 e. The van der Waals surface area contributed by atoms with E-state index in [0.29, 0.717) is 12.6 Å². The molecule has 1 amide bonds. The number of benzene rings is 1. The summed E-state index contributed by atoms with van der Waals surface area (Å²) in [7, 11) is 0. The quantitative estimate of drug-likeness (QED) is 0.803. The van der Waals surface area contributed by atoms with E-state index in [4.69, 9.17) is 5.73 Å². The molecule has 4 heteroatoms. The van der Waals surface area contributed by atoms with Crippen molar-refractivity contribution in [3.8, 4) is 11.8 Å². The molecule has 20 heavy (non-hydrogen) atoms. The lowest BCUT2D eigenvalue weighted by molar-refractivity contribution is 0.0716. The van der Waals surface area contributed by atoms with Gasteiger partial charge in [0.15, 0.2) is 0 Å². The third-order valence-electron chi connectivity index (χ3n) is 3.44. The van der Waals surface area contributed by atoms with Gasteiger partial charge in [-0.05, 0) is 31.5 Å². The minimum Gasteiger partial charge on any atom is -0.334 e. The molecular formula is C16H20N2OS. The number of nitrogens with zero attached hydrogens (tertiary/aromatic N) is 1. The molecular weight excluding hydrogens is 268 g/mol. The summed E-state index contributed by atoms with van der Waals surface area (Å²) < 4.78 is 0. The summed E-state index contributed by atoms with van der Waals surface area (Å²) in [6, 6.07) is 6.02. The van der Waals surface area contributed by atoms with Crippen molar-refractivity contribution < 1.29 is 4.79 Å². The van der Waals surface area contributed by atoms with Gasteiger partial charge in [0, 0.05) is 35.2 Å². The number of amides is 1. The zero-order chi connectivity index (χ0) is 14.5. The highest BCUT2D eigenvalue weighted by Gasteiger charge is 2.24. The molecule has 1 unspecified atom stereocenters. The van der Waals surface area contributed by atoms with Crippen LogP contribution in [-0.2, 0) is 0 Å². The number of rotatable bonds is 1. The van der Waals surface area contributed by atoms with Crippen LogP contribution in [-0.4, -0.2) is 41.4 Å². The summed E-state index contributed by atoms with van der Waals surface area (Å²) in [5, 5.41) is 0. The Morgan fingerprint density at radius 2 is 2.35 bits per heavy atom. The average Bonchev–Trinajstić information content (AvgIpc) is 2.46. The summed E-state index contributed by atoms with van der Waals surface area (Å²) in [4.78, 5) is 14.6. The Morgan fingerprint density at radius 1 is 1.55 bits per heavy atom. The van der Waals surface area contributed by atoms with Gasteiger partial charge < -0.3 is 10.6 Å². The van der Waals surface area contributed by atoms with E-state index in [1.807, 2.05) is 41.8 Å². The first-order valence-electron chi connectivity index (χ1n) is 6.81. The Morgan fingerprint density at radius 3 is 3.05 bits per heavy atom. The highest BCUT2D eigenvalue weighted by atomic mass is 32.2. The Kier molecular flexibility index (Phi) is 5.11. The Bertz CT molecular complexity index is 559. The van der Waals surface area contributed by atoms with Crippen LogP contribution < -0.4 is 5.73 Å². The van der Waals surface area contributed by atoms with E-state index < -0.39 is 0 Å². The molecule has 1 aromatic rings. The van der Waals surface area contributed by atoms with Gasteiger partial charge in [-0.15, -0.1) is 0 Å². The zero-order valence-corrected chi connectivity index (χ0v) is 12.8. The largest absolute Gasteiger partial charge is 0.334 e. The summed E-state index contributed by atoms with van der Waals surface area (Å²) in [6.07, 6.45) is 0. The third kappa shape index (κ3) is 3.36. The number of hydrogen-bond donors (Lipinski definition) is 1. The summed E-state index contributed by atoms with van der Waals surface area (Å²) in [5.74, 6) is 8.01. The molecule has 1 heterocycles. The van der Waals surface area contributed by atoms with Gasteiger partial charge in [0.2, 0.25) is 0 Å². The lowest BCUT2D eigenvalue weighted by Gasteiger charge is -2.33. The van der Waals surface area contributed by atoms with Crippen LogP contribution in [0, 0.1) is 18.8 Å². The second-order valence-electron chi connectivity index (χ2n) is 4.96. The molecule has 0 spiro atoms. The monoisotopic (exact) mass is 288 g/mol. The summed E-state index contributed by atoms with van der Waals surface area (Å²) in [6.45, 7) is 5.25. The lowest BCUT2D eigenvalue weighted by Crippen LogP contribution is -2.44. The first-order valence-corrected chi connectivity index (χ1v) is 7.97. The average molecular weight is 288 g/mol. The molecule has 1 saturated heterocycles. The van der Waals surface area contributed by atoms with Crippen LogP contribution in [0.15, 0.2) is 18.2 Å². The highest BCUT2D eigenvalue weighted by Crippen LogP contribution is 2.20. The van der Waals surface area contributed by atoms with E-state index in [2.05, 4.69) is 18.8 Å². The van der Waals surface area contributed by atoms with Gasteiger partial charge in [-0.3, -0.25) is 4.79 Å². The number of nitrogens with two attached hydrogens (primary N) is 1. The fourth-order valence-corrected chi connectivity index (χ4v) is 3.24. The van der Waals surface area contributed by atoms with Gasteiger partial charge in [-0.25, -0.2) is 0 Å². The first kappa shape index (κ1) is 15.0. The third-order valence-corrected chi connectivity index (χ3v) is 4.63. The van der Waals surface area contributed by atoms with Crippen molar-refractivity contribution in [1.82, 2.24) is 4.90 Å². The van der Waals surface area contributed by atoms with Crippen molar-refractivity contribution in [3.63, 3.8) is 0 Å². The molecule has 0 bridgehead atoms. The number of carbonyl (C=O) groups is 1. The normalized spacial score (nSPS) is 18.4. The summed E-state index contributed by atoms with van der Waals surface area (Å²) in [5.41, 5.74) is 8.09. The Balaban J connectivity index is 2.25. The zero-order valence-electron chi connectivity index (χ0n) is 12.0. The minimum atomic E-state index is 0.105. The molecule has 0 saturated carbocycles. The molecule has 1 aliphatic rings. The molecule has 106 valence electrons. The van der Waals surface area contributed by atoms with Crippen molar-refractivity contribution in [3.05, 3.63) is 34.9 Å². The molecule has 1 fully saturated rings. The van der Waals surface area contributed by atoms with E-state index in [1.54, 1.807) is 0 Å². The fourth-order valence-electron chi connectivity index (χ4n) is 2.23. The molecule has 2 rings (SSSR count). The second kappa shape index (κ2) is 6.83. The maximum Gasteiger partial charge on any atom is 0.254 e. The first-order chi connectivity index (χ1) is 9.63. The number of aryl methyl sites for hydroxylation is 1. The molecule has 1 atom stereocenters. The van der Waals surface area contributed by atoms with Crippen LogP contribution in [0.2, 0.25) is 0 Å². The minimum absolute atomic E-state index is 0.105. The predicted octanol–water partition coefficient (Wildman–Crippen LogP) is 1.88. The van der Waals surface area contributed by atoms with Gasteiger partial charge in [0.05, 0.1) is 6.54 Å². The van der Waals surface area contributed by atoms with Crippen LogP contribution in [0.4, 0.5) is 0 Å². The van der Waals surface area contributed by atoms with Gasteiger partial charge in [-0.2, -0.15) is 11.8 Å². The van der Waals surface area contributed by atoms with Crippen LogP contribution in [0.25, 0.3) is 0 Å². The number of hydrogen-bond acceptors (Lipinski definition) is 3. The van der Waals surface area contributed by atoms with E-state index in [9.17, 15) is 4.79 Å². The van der Waals surface area contributed by atoms with E-state index in [1.165, 1.54) is 0 Å². The highest BCUT2D eigenvalue weighted by molar-refractivity contribution is 7.99. The van der Waals surface area contributed by atoms with Crippen molar-refractivity contribution in [2.45, 2.75) is 19.9 Å². The van der Waals surface area contributed by atoms with E-state index in [0.717, 1.165) is 34.7 Å². The van der Waals surface area contributed by atoms with Crippen LogP contribution in [0.1, 0.15) is 28.4 Å². The summed E-state index contributed by atoms with van der Waals surface area (Å²) >= 11 is 1.91. The van der Waals surface area contributed by atoms with Crippen LogP contribution in [0.5, 0.6) is 0 Å². The maximum absolute atomic E-state index is 12.6. The predicted molar refractivity (Wildman–Crippen MR) is 84.9 cm³/mol. The van der Waals surface area contributed by atoms with E-state index >= 15 is 0 Å². The van der Waals surface area contributed by atoms with Crippen molar-refractivity contribution in [1.29, 1.82) is 0 Å². The Hall–Kier alpha value is -1.44. The number of thioether (sulfide) groups is 1.